The number of para-hydroxylation sites is 1. The molecule has 1 aliphatic carbocycles. The Morgan fingerprint density at radius 1 is 1.14 bits per heavy atom. The van der Waals surface area contributed by atoms with Crippen molar-refractivity contribution in [2.45, 2.75) is 44.1 Å². The zero-order valence-corrected chi connectivity index (χ0v) is 19.0. The quantitative estimate of drug-likeness (QED) is 0.398. The van der Waals surface area contributed by atoms with Crippen molar-refractivity contribution in [3.63, 3.8) is 0 Å². The fourth-order valence-electron chi connectivity index (χ4n) is 5.56. The second-order valence-corrected chi connectivity index (χ2v) is 9.40. The maximum atomic E-state index is 13.9. The van der Waals surface area contributed by atoms with Crippen LogP contribution in [-0.4, -0.2) is 30.7 Å². The van der Waals surface area contributed by atoms with Crippen LogP contribution >= 0.6 is 0 Å². The van der Waals surface area contributed by atoms with Gasteiger partial charge in [0.1, 0.15) is 23.5 Å². The number of halogens is 1. The summed E-state index contributed by atoms with van der Waals surface area (Å²) in [5.74, 6) is -0.0450. The molecule has 1 atom stereocenters. The summed E-state index contributed by atoms with van der Waals surface area (Å²) in [6.07, 6.45) is 4.84. The van der Waals surface area contributed by atoms with Gasteiger partial charge in [-0.1, -0.05) is 30.3 Å². The maximum absolute atomic E-state index is 13.9. The fraction of sp³-hybridized carbons (Fsp3) is 0.308. The van der Waals surface area contributed by atoms with Crippen LogP contribution in [-0.2, 0) is 11.2 Å². The van der Waals surface area contributed by atoms with Gasteiger partial charge in [0.25, 0.3) is 0 Å². The molecule has 4 aromatic rings. The highest BCUT2D eigenvalue weighted by Gasteiger charge is 2.34. The maximum Gasteiger partial charge on any atom is 0.306 e. The first-order valence-electron chi connectivity index (χ1n) is 11.9. The minimum Gasteiger partial charge on any atom is -0.481 e. The highest BCUT2D eigenvalue weighted by atomic mass is 19.1. The number of nitrogens with zero attached hydrogens (tertiary/aromatic N) is 4. The number of rotatable bonds is 4. The number of benzene rings is 2. The number of carbonyl (C=O) groups is 1. The Balaban J connectivity index is 1.37. The van der Waals surface area contributed by atoms with E-state index >= 15 is 0 Å². The number of carboxylic acids is 1. The molecular formula is C26H25FN6O2. The predicted octanol–water partition coefficient (Wildman–Crippen LogP) is 4.58. The Kier molecular flexibility index (Phi) is 5.12. The Labute approximate surface area is 201 Å². The second-order valence-electron chi connectivity index (χ2n) is 9.40. The zero-order chi connectivity index (χ0) is 24.1. The summed E-state index contributed by atoms with van der Waals surface area (Å²) in [6.45, 7) is 0. The summed E-state index contributed by atoms with van der Waals surface area (Å²) in [5.41, 5.74) is 11.6. The van der Waals surface area contributed by atoms with Gasteiger partial charge in [0, 0.05) is 23.6 Å². The molecule has 178 valence electrons. The van der Waals surface area contributed by atoms with Gasteiger partial charge in [-0.05, 0) is 48.9 Å². The number of nitrogen functional groups attached to an aromatic ring is 1. The van der Waals surface area contributed by atoms with Crippen LogP contribution in [0.4, 0.5) is 15.9 Å². The third kappa shape index (κ3) is 3.67. The van der Waals surface area contributed by atoms with Crippen molar-refractivity contribution in [1.82, 2.24) is 19.6 Å². The lowest BCUT2D eigenvalue weighted by molar-refractivity contribution is -0.142. The molecular weight excluding hydrogens is 447 g/mol. The van der Waals surface area contributed by atoms with E-state index in [0.717, 1.165) is 46.7 Å². The van der Waals surface area contributed by atoms with Gasteiger partial charge in [-0.2, -0.15) is 5.10 Å². The molecule has 9 heteroatoms. The van der Waals surface area contributed by atoms with E-state index in [-0.39, 0.29) is 23.7 Å². The predicted molar refractivity (Wildman–Crippen MR) is 129 cm³/mol. The average molecular weight is 473 g/mol. The van der Waals surface area contributed by atoms with Gasteiger partial charge in [-0.3, -0.25) is 4.79 Å². The number of nitrogens with two attached hydrogens (primary N) is 1. The smallest absolute Gasteiger partial charge is 0.306 e. The molecule has 1 fully saturated rings. The van der Waals surface area contributed by atoms with Gasteiger partial charge in [0.05, 0.1) is 17.7 Å². The van der Waals surface area contributed by atoms with Crippen LogP contribution < -0.4 is 11.1 Å². The topological polar surface area (TPSA) is 118 Å². The molecule has 1 aliphatic heterocycles. The number of hydrogen-bond donors (Lipinski definition) is 3. The molecule has 0 saturated heterocycles. The molecule has 2 aromatic heterocycles. The van der Waals surface area contributed by atoms with E-state index < -0.39 is 5.97 Å². The van der Waals surface area contributed by atoms with Crippen molar-refractivity contribution in [2.24, 2.45) is 5.92 Å². The molecule has 2 aliphatic rings. The third-order valence-corrected chi connectivity index (χ3v) is 7.31. The summed E-state index contributed by atoms with van der Waals surface area (Å²) in [5, 5.41) is 17.4. The molecule has 1 unspecified atom stereocenters. The average Bonchev–Trinajstić information content (AvgIpc) is 3.46. The summed E-state index contributed by atoms with van der Waals surface area (Å²) < 4.78 is 15.7. The molecule has 4 N–H and O–H groups in total. The van der Waals surface area contributed by atoms with Crippen molar-refractivity contribution in [3.05, 3.63) is 71.7 Å². The minimum atomic E-state index is -0.731. The highest BCUT2D eigenvalue weighted by Crippen LogP contribution is 2.43. The number of nitrogens with one attached hydrogen (secondary N) is 1. The lowest BCUT2D eigenvalue weighted by Gasteiger charge is -2.24. The summed E-state index contributed by atoms with van der Waals surface area (Å²) in [4.78, 5) is 20.7. The van der Waals surface area contributed by atoms with E-state index in [1.807, 2.05) is 18.2 Å². The summed E-state index contributed by atoms with van der Waals surface area (Å²) in [7, 11) is 0. The van der Waals surface area contributed by atoms with Crippen LogP contribution in [0, 0.1) is 11.7 Å². The molecule has 6 rings (SSSR count). The van der Waals surface area contributed by atoms with Crippen LogP contribution in [0.1, 0.15) is 54.7 Å². The Morgan fingerprint density at radius 3 is 2.71 bits per heavy atom. The normalized spacial score (nSPS) is 21.6. The highest BCUT2D eigenvalue weighted by molar-refractivity contribution is 5.83. The van der Waals surface area contributed by atoms with Gasteiger partial charge in [0.2, 0.25) is 0 Å². The van der Waals surface area contributed by atoms with Gasteiger partial charge in [-0.15, -0.1) is 0 Å². The lowest BCUT2D eigenvalue weighted by Crippen LogP contribution is -2.21. The van der Waals surface area contributed by atoms with Crippen LogP contribution in [0.5, 0.6) is 0 Å². The van der Waals surface area contributed by atoms with E-state index in [0.29, 0.717) is 30.6 Å². The molecule has 8 nitrogen and oxygen atoms in total. The summed E-state index contributed by atoms with van der Waals surface area (Å²) >= 11 is 0. The third-order valence-electron chi connectivity index (χ3n) is 7.31. The van der Waals surface area contributed by atoms with E-state index in [1.54, 1.807) is 10.6 Å². The standard InChI is InChI=1S/C26H25FN6O2/c27-18-5-1-3-16(11-18)19-6-2-4-17-12-20(31-21(17)19)22-23-24(28)29-13-30-33(23)25(32-22)14-7-9-15(10-8-14)26(34)35/h1-6,11,13-15,20,31H,7-10,12H2,(H,34,35)(H2,28,29,30). The van der Waals surface area contributed by atoms with Gasteiger partial charge >= 0.3 is 5.97 Å². The Hall–Kier alpha value is -4.01. The van der Waals surface area contributed by atoms with Crippen molar-refractivity contribution >= 4 is 23.0 Å². The van der Waals surface area contributed by atoms with Crippen LogP contribution in [0.15, 0.2) is 48.8 Å². The van der Waals surface area contributed by atoms with E-state index in [1.165, 1.54) is 18.5 Å². The van der Waals surface area contributed by atoms with Crippen molar-refractivity contribution in [1.29, 1.82) is 0 Å². The van der Waals surface area contributed by atoms with Crippen LogP contribution in [0.3, 0.4) is 0 Å². The molecule has 35 heavy (non-hydrogen) atoms. The molecule has 0 radical (unpaired) electrons. The van der Waals surface area contributed by atoms with Crippen molar-refractivity contribution in [2.75, 3.05) is 11.1 Å². The molecule has 3 heterocycles. The first-order valence-corrected chi connectivity index (χ1v) is 11.9. The Bertz CT molecular complexity index is 1440. The van der Waals surface area contributed by atoms with Crippen LogP contribution in [0.25, 0.3) is 16.6 Å². The van der Waals surface area contributed by atoms with E-state index in [2.05, 4.69) is 21.5 Å². The second kappa shape index (κ2) is 8.33. The Morgan fingerprint density at radius 2 is 1.94 bits per heavy atom. The van der Waals surface area contributed by atoms with Gasteiger partial charge in [0.15, 0.2) is 5.82 Å². The first-order chi connectivity index (χ1) is 17.0. The number of fused-ring (bicyclic) bond motifs is 2. The molecule has 0 amide bonds. The minimum absolute atomic E-state index is 0.104. The number of carboxylic acid groups (broad SMARTS) is 1. The SMILES string of the molecule is Nc1ncnn2c(C3CCC(C(=O)O)CC3)nc(C3Cc4cccc(-c5cccc(F)c5)c4N3)c12. The lowest BCUT2D eigenvalue weighted by atomic mass is 9.82. The molecule has 1 saturated carbocycles. The molecule has 2 aromatic carbocycles. The van der Waals surface area contributed by atoms with Crippen molar-refractivity contribution < 1.29 is 14.3 Å². The number of aromatic nitrogens is 4. The number of anilines is 2. The van der Waals surface area contributed by atoms with E-state index in [9.17, 15) is 14.3 Å². The first kappa shape index (κ1) is 21.5. The number of hydrogen-bond acceptors (Lipinski definition) is 6. The van der Waals surface area contributed by atoms with Crippen molar-refractivity contribution in [3.8, 4) is 11.1 Å². The zero-order valence-electron chi connectivity index (χ0n) is 19.0. The van der Waals surface area contributed by atoms with Crippen LogP contribution in [0.2, 0.25) is 0 Å². The number of imidazole rings is 1. The molecule has 0 bridgehead atoms. The fourth-order valence-corrected chi connectivity index (χ4v) is 5.56. The van der Waals surface area contributed by atoms with E-state index in [4.69, 9.17) is 10.7 Å². The summed E-state index contributed by atoms with van der Waals surface area (Å²) in [6, 6.07) is 12.5. The monoisotopic (exact) mass is 472 g/mol. The number of aliphatic carboxylic acids is 1. The van der Waals surface area contributed by atoms with Gasteiger partial charge < -0.3 is 16.2 Å². The molecule has 0 spiro atoms. The van der Waals surface area contributed by atoms with Gasteiger partial charge in [-0.25, -0.2) is 18.9 Å². The largest absolute Gasteiger partial charge is 0.481 e.